The molecule has 2 rings (SSSR count). The summed E-state index contributed by atoms with van der Waals surface area (Å²) in [6, 6.07) is 1.84. The van der Waals surface area contributed by atoms with Crippen LogP contribution in [0.25, 0.3) is 10.9 Å². The quantitative estimate of drug-likeness (QED) is 0.216. The van der Waals surface area contributed by atoms with Crippen LogP contribution in [0.2, 0.25) is 0 Å². The number of unbranched alkanes of at least 4 members (excludes halogenated alkanes) is 8. The number of alkyl halides is 3. The van der Waals surface area contributed by atoms with Gasteiger partial charge in [-0.05, 0) is 30.4 Å². The van der Waals surface area contributed by atoms with Gasteiger partial charge in [0.25, 0.3) is 0 Å². The second kappa shape index (κ2) is 12.4. The Kier molecular flexibility index (Phi) is 10.2. The van der Waals surface area contributed by atoms with Crippen molar-refractivity contribution in [2.45, 2.75) is 97.9 Å². The van der Waals surface area contributed by atoms with Crippen molar-refractivity contribution < 1.29 is 22.7 Å². The van der Waals surface area contributed by atoms with Crippen molar-refractivity contribution in [3.8, 4) is 0 Å². The minimum absolute atomic E-state index is 0.0669. The molecule has 1 aromatic carbocycles. The molecule has 0 saturated heterocycles. The van der Waals surface area contributed by atoms with E-state index in [2.05, 4.69) is 25.9 Å². The fourth-order valence-electron chi connectivity index (χ4n) is 3.79. The largest absolute Gasteiger partial charge is 0.416 e. The zero-order valence-electron chi connectivity index (χ0n) is 19.6. The maximum Gasteiger partial charge on any atom is 0.416 e. The van der Waals surface area contributed by atoms with Crippen LogP contribution in [0.4, 0.5) is 13.2 Å². The molecule has 0 spiro atoms. The van der Waals surface area contributed by atoms with E-state index in [-0.39, 0.29) is 23.2 Å². The van der Waals surface area contributed by atoms with Crippen LogP contribution in [0, 0.1) is 5.41 Å². The van der Waals surface area contributed by atoms with Gasteiger partial charge in [0.05, 0.1) is 5.56 Å². The number of benzene rings is 1. The van der Waals surface area contributed by atoms with Crippen LogP contribution in [0.3, 0.4) is 0 Å². The first-order valence-electron chi connectivity index (χ1n) is 11.7. The highest BCUT2D eigenvalue weighted by Gasteiger charge is 2.31. The van der Waals surface area contributed by atoms with Crippen LogP contribution in [-0.2, 0) is 17.6 Å². The van der Waals surface area contributed by atoms with Gasteiger partial charge in [-0.2, -0.15) is 18.3 Å². The zero-order valence-corrected chi connectivity index (χ0v) is 19.6. The summed E-state index contributed by atoms with van der Waals surface area (Å²) < 4.78 is 46.0. The van der Waals surface area contributed by atoms with Crippen LogP contribution in [0.1, 0.15) is 101 Å². The summed E-state index contributed by atoms with van der Waals surface area (Å²) in [5.74, 6) is 0. The number of ether oxygens (including phenoxy) is 1. The lowest BCUT2D eigenvalue weighted by Gasteiger charge is -2.17. The summed E-state index contributed by atoms with van der Waals surface area (Å²) in [5.41, 5.74) is -0.211. The molecular formula is C25H37F3N2O2. The third-order valence-electron chi connectivity index (χ3n) is 5.58. The lowest BCUT2D eigenvalue weighted by atomic mass is 9.89. The second-order valence-corrected chi connectivity index (χ2v) is 9.82. The number of rotatable bonds is 14. The molecule has 0 unspecified atom stereocenters. The Morgan fingerprint density at radius 1 is 0.938 bits per heavy atom. The van der Waals surface area contributed by atoms with Crippen LogP contribution in [-0.4, -0.2) is 22.7 Å². The normalized spacial score (nSPS) is 12.6. The fourth-order valence-corrected chi connectivity index (χ4v) is 3.79. The summed E-state index contributed by atoms with van der Waals surface area (Å²) in [4.78, 5) is 11.2. The molecule has 0 bridgehead atoms. The van der Waals surface area contributed by atoms with E-state index in [4.69, 9.17) is 4.74 Å². The van der Waals surface area contributed by atoms with Gasteiger partial charge in [-0.15, -0.1) is 0 Å². The first-order valence-corrected chi connectivity index (χ1v) is 11.7. The summed E-state index contributed by atoms with van der Waals surface area (Å²) >= 11 is 0. The molecule has 0 N–H and O–H groups in total. The van der Waals surface area contributed by atoms with Crippen LogP contribution < -0.4 is 0 Å². The molecular weight excluding hydrogens is 417 g/mol. The first kappa shape index (κ1) is 26.4. The molecule has 32 heavy (non-hydrogen) atoms. The van der Waals surface area contributed by atoms with Gasteiger partial charge in [0, 0.05) is 23.8 Å². The van der Waals surface area contributed by atoms with E-state index in [9.17, 15) is 18.0 Å². The number of aromatic nitrogens is 2. The van der Waals surface area contributed by atoms with Crippen molar-refractivity contribution in [2.24, 2.45) is 5.41 Å². The maximum absolute atomic E-state index is 13.0. The van der Waals surface area contributed by atoms with Gasteiger partial charge in [-0.25, -0.2) is 4.68 Å². The van der Waals surface area contributed by atoms with Crippen molar-refractivity contribution in [1.82, 2.24) is 9.78 Å². The molecule has 0 radical (unpaired) electrons. The number of hydrogen-bond donors (Lipinski definition) is 0. The molecule has 7 heteroatoms. The first-order chi connectivity index (χ1) is 15.1. The average molecular weight is 455 g/mol. The second-order valence-electron chi connectivity index (χ2n) is 9.82. The lowest BCUT2D eigenvalue weighted by molar-refractivity contribution is -0.137. The van der Waals surface area contributed by atoms with E-state index < -0.39 is 11.7 Å². The Morgan fingerprint density at radius 3 is 2.09 bits per heavy atom. The summed E-state index contributed by atoms with van der Waals surface area (Å²) in [7, 11) is 0. The van der Waals surface area contributed by atoms with E-state index in [1.165, 1.54) is 62.2 Å². The summed E-state index contributed by atoms with van der Waals surface area (Å²) in [6.45, 7) is 7.62. The van der Waals surface area contributed by atoms with Gasteiger partial charge in [0.1, 0.15) is 12.2 Å². The Morgan fingerprint density at radius 2 is 1.53 bits per heavy atom. The average Bonchev–Trinajstić information content (AvgIpc) is 3.12. The molecule has 0 amide bonds. The number of halogens is 3. The van der Waals surface area contributed by atoms with Gasteiger partial charge >= 0.3 is 6.18 Å². The topological polar surface area (TPSA) is 44.1 Å². The molecule has 0 saturated carbocycles. The van der Waals surface area contributed by atoms with Crippen LogP contribution in [0.5, 0.6) is 0 Å². The molecule has 0 atom stereocenters. The van der Waals surface area contributed by atoms with Crippen molar-refractivity contribution in [3.63, 3.8) is 0 Å². The van der Waals surface area contributed by atoms with Gasteiger partial charge in [0.2, 0.25) is 0 Å². The maximum atomic E-state index is 13.0. The van der Waals surface area contributed by atoms with Crippen molar-refractivity contribution in [1.29, 1.82) is 0 Å². The van der Waals surface area contributed by atoms with Crippen molar-refractivity contribution >= 4 is 17.2 Å². The van der Waals surface area contributed by atoms with Crippen molar-refractivity contribution in [2.75, 3.05) is 6.61 Å². The Balaban J connectivity index is 1.59. The highest BCUT2D eigenvalue weighted by Crippen LogP contribution is 2.32. The molecule has 0 aliphatic carbocycles. The Labute approximate surface area is 189 Å². The van der Waals surface area contributed by atoms with E-state index in [0.717, 1.165) is 25.0 Å². The molecule has 0 aliphatic heterocycles. The number of nitrogens with zero attached hydrogens (tertiary/aromatic N) is 2. The molecule has 1 aromatic heterocycles. The van der Waals surface area contributed by atoms with E-state index in [1.807, 2.05) is 0 Å². The monoisotopic (exact) mass is 454 g/mol. The molecule has 0 fully saturated rings. The lowest BCUT2D eigenvalue weighted by Crippen LogP contribution is -2.05. The number of hydrogen-bond acceptors (Lipinski definition) is 3. The van der Waals surface area contributed by atoms with Gasteiger partial charge in [-0.1, -0.05) is 72.1 Å². The van der Waals surface area contributed by atoms with Gasteiger partial charge < -0.3 is 4.74 Å². The molecule has 4 nitrogen and oxygen atoms in total. The number of carbonyl (C=O) groups is 1. The third kappa shape index (κ3) is 9.31. The SMILES string of the molecule is CC(C)(C)CCCCCCCCCCCOCn1cc2cc(C(F)(F)F)cc(C=O)c2n1. The fraction of sp³-hybridized carbons (Fsp3) is 0.680. The van der Waals surface area contributed by atoms with E-state index in [1.54, 1.807) is 0 Å². The van der Waals surface area contributed by atoms with Crippen LogP contribution in [0.15, 0.2) is 18.3 Å². The van der Waals surface area contributed by atoms with Crippen LogP contribution >= 0.6 is 0 Å². The summed E-state index contributed by atoms with van der Waals surface area (Å²) in [5, 5.41) is 4.48. The van der Waals surface area contributed by atoms with Crippen molar-refractivity contribution in [3.05, 3.63) is 29.5 Å². The predicted octanol–water partition coefficient (Wildman–Crippen LogP) is 7.79. The smallest absolute Gasteiger partial charge is 0.359 e. The highest BCUT2D eigenvalue weighted by atomic mass is 19.4. The third-order valence-corrected chi connectivity index (χ3v) is 5.58. The number of carbonyl (C=O) groups excluding carboxylic acids is 1. The van der Waals surface area contributed by atoms with Gasteiger partial charge in [0.15, 0.2) is 6.29 Å². The molecule has 180 valence electrons. The summed E-state index contributed by atoms with van der Waals surface area (Å²) in [6.07, 6.45) is 9.77. The van der Waals surface area contributed by atoms with E-state index >= 15 is 0 Å². The number of fused-ring (bicyclic) bond motifs is 1. The molecule has 0 aliphatic rings. The Bertz CT molecular complexity index is 838. The minimum atomic E-state index is -4.50. The standard InChI is InChI=1S/C25H37F3N2O2/c1-24(2,3)13-11-9-7-5-4-6-8-10-12-14-32-19-30-17-20-15-22(25(26,27)28)16-21(18-31)23(20)29-30/h15-18H,4-14,19H2,1-3H3. The predicted molar refractivity (Wildman–Crippen MR) is 122 cm³/mol. The van der Waals surface area contributed by atoms with E-state index in [0.29, 0.717) is 18.3 Å². The molecule has 2 aromatic rings. The molecule has 1 heterocycles. The minimum Gasteiger partial charge on any atom is -0.359 e. The number of aldehydes is 1. The van der Waals surface area contributed by atoms with Gasteiger partial charge in [-0.3, -0.25) is 4.79 Å². The highest BCUT2D eigenvalue weighted by molar-refractivity contribution is 5.96. The Hall–Kier alpha value is -1.89. The zero-order chi connectivity index (χ0) is 23.6.